The van der Waals surface area contributed by atoms with Crippen molar-refractivity contribution in [2.45, 2.75) is 45.4 Å². The van der Waals surface area contributed by atoms with Crippen molar-refractivity contribution in [1.82, 2.24) is 4.90 Å². The van der Waals surface area contributed by atoms with Crippen LogP contribution in [0.3, 0.4) is 0 Å². The minimum atomic E-state index is -0.390. The molecule has 2 aliphatic rings. The van der Waals surface area contributed by atoms with Gasteiger partial charge in [-0.2, -0.15) is 0 Å². The number of likely N-dealkylation sites (N-methyl/N-ethyl adjacent to an activating group) is 1. The molecule has 0 aromatic heterocycles. The number of fused-ring (bicyclic) bond motifs is 1. The molecular formula is C24H31N3O2. The first-order valence-corrected chi connectivity index (χ1v) is 10.6. The lowest BCUT2D eigenvalue weighted by molar-refractivity contribution is 0.0765. The summed E-state index contributed by atoms with van der Waals surface area (Å²) in [5.74, 6) is 0.000126. The number of rotatable bonds is 3. The summed E-state index contributed by atoms with van der Waals surface area (Å²) in [5, 5.41) is 9.68. The van der Waals surface area contributed by atoms with E-state index in [0.717, 1.165) is 17.7 Å². The molecule has 0 spiro atoms. The molecule has 0 saturated carbocycles. The van der Waals surface area contributed by atoms with E-state index in [0.29, 0.717) is 37.2 Å². The van der Waals surface area contributed by atoms with Crippen molar-refractivity contribution in [3.63, 3.8) is 0 Å². The second kappa shape index (κ2) is 7.71. The third kappa shape index (κ3) is 3.71. The molecule has 1 saturated heterocycles. The van der Waals surface area contributed by atoms with Crippen LogP contribution in [-0.2, 0) is 0 Å². The molecule has 4 rings (SSSR count). The summed E-state index contributed by atoms with van der Waals surface area (Å²) in [4.78, 5) is 19.2. The van der Waals surface area contributed by atoms with Crippen molar-refractivity contribution >= 4 is 17.3 Å². The minimum absolute atomic E-state index is 0.000126. The lowest BCUT2D eigenvalue weighted by Gasteiger charge is -2.43. The topological polar surface area (TPSA) is 47.0 Å². The van der Waals surface area contributed by atoms with Crippen molar-refractivity contribution in [3.05, 3.63) is 48.0 Å². The van der Waals surface area contributed by atoms with Gasteiger partial charge in [0.05, 0.1) is 17.5 Å². The summed E-state index contributed by atoms with van der Waals surface area (Å²) in [6.45, 7) is 8.82. The number of amides is 1. The predicted octanol–water partition coefficient (Wildman–Crippen LogP) is 3.61. The van der Waals surface area contributed by atoms with Gasteiger partial charge in [-0.05, 0) is 62.6 Å². The molecule has 1 amide bonds. The van der Waals surface area contributed by atoms with Crippen molar-refractivity contribution in [3.8, 4) is 11.1 Å². The van der Waals surface area contributed by atoms with Crippen LogP contribution in [0, 0.1) is 0 Å². The number of anilines is 2. The number of aliphatic hydroxyl groups is 1. The van der Waals surface area contributed by atoms with Gasteiger partial charge in [0.1, 0.15) is 0 Å². The number of nitrogens with zero attached hydrogens (tertiary/aromatic N) is 3. The minimum Gasteiger partial charge on any atom is -0.391 e. The van der Waals surface area contributed by atoms with Crippen LogP contribution in [-0.4, -0.2) is 60.8 Å². The van der Waals surface area contributed by atoms with Crippen LogP contribution in [0.2, 0.25) is 0 Å². The number of aliphatic hydroxyl groups excluding tert-OH is 1. The van der Waals surface area contributed by atoms with Gasteiger partial charge in [-0.15, -0.1) is 0 Å². The molecule has 2 heterocycles. The smallest absolute Gasteiger partial charge is 0.253 e. The zero-order chi connectivity index (χ0) is 20.7. The summed E-state index contributed by atoms with van der Waals surface area (Å²) in [5.41, 5.74) is 5.48. The molecule has 0 bridgehead atoms. The number of benzene rings is 2. The molecule has 1 fully saturated rings. The first-order valence-electron chi connectivity index (χ1n) is 10.6. The largest absolute Gasteiger partial charge is 0.391 e. The van der Waals surface area contributed by atoms with Crippen LogP contribution in [0.5, 0.6) is 0 Å². The van der Waals surface area contributed by atoms with Gasteiger partial charge >= 0.3 is 0 Å². The Bertz CT molecular complexity index is 893. The number of hydrogen-bond donors (Lipinski definition) is 1. The highest BCUT2D eigenvalue weighted by Gasteiger charge is 2.28. The van der Waals surface area contributed by atoms with Gasteiger partial charge in [-0.1, -0.05) is 18.2 Å². The van der Waals surface area contributed by atoms with Crippen molar-refractivity contribution in [1.29, 1.82) is 0 Å². The fourth-order valence-corrected chi connectivity index (χ4v) is 4.38. The third-order valence-corrected chi connectivity index (χ3v) is 6.33. The average Bonchev–Trinajstić information content (AvgIpc) is 3.16. The quantitative estimate of drug-likeness (QED) is 0.865. The molecule has 5 nitrogen and oxygen atoms in total. The standard InChI is InChI=1S/C24H31N3O2/c1-16(2)27-14-17(3)25(4)22-10-9-20(13-23(22)27)18-5-7-19(8-6-18)24(29)26-12-11-21(28)15-26/h5-10,13,16-17,21,28H,11-12,14-15H2,1-4H3/t17-,21+/m0/s1. The lowest BCUT2D eigenvalue weighted by atomic mass is 9.99. The Morgan fingerprint density at radius 3 is 2.34 bits per heavy atom. The zero-order valence-electron chi connectivity index (χ0n) is 17.8. The van der Waals surface area contributed by atoms with E-state index in [1.165, 1.54) is 11.4 Å². The molecule has 2 aliphatic heterocycles. The molecule has 2 aromatic rings. The van der Waals surface area contributed by atoms with E-state index in [1.54, 1.807) is 4.90 Å². The van der Waals surface area contributed by atoms with Crippen molar-refractivity contribution in [2.24, 2.45) is 0 Å². The highest BCUT2D eigenvalue weighted by atomic mass is 16.3. The summed E-state index contributed by atoms with van der Waals surface area (Å²) >= 11 is 0. The molecule has 0 aliphatic carbocycles. The van der Waals surface area contributed by atoms with Gasteiger partial charge in [-0.25, -0.2) is 0 Å². The Balaban J connectivity index is 1.61. The van der Waals surface area contributed by atoms with Crippen LogP contribution < -0.4 is 9.80 Å². The predicted molar refractivity (Wildman–Crippen MR) is 119 cm³/mol. The van der Waals surface area contributed by atoms with Gasteiger partial charge in [0.15, 0.2) is 0 Å². The number of likely N-dealkylation sites (tertiary alicyclic amines) is 1. The Morgan fingerprint density at radius 2 is 1.72 bits per heavy atom. The molecule has 1 N–H and O–H groups in total. The van der Waals surface area contributed by atoms with Crippen LogP contribution >= 0.6 is 0 Å². The van der Waals surface area contributed by atoms with Gasteiger partial charge in [0.25, 0.3) is 5.91 Å². The summed E-state index contributed by atoms with van der Waals surface area (Å²) in [7, 11) is 2.16. The second-order valence-electron chi connectivity index (χ2n) is 8.68. The van der Waals surface area contributed by atoms with Crippen molar-refractivity contribution in [2.75, 3.05) is 36.5 Å². The van der Waals surface area contributed by atoms with Crippen LogP contribution in [0.15, 0.2) is 42.5 Å². The van der Waals surface area contributed by atoms with E-state index in [9.17, 15) is 9.90 Å². The van der Waals surface area contributed by atoms with Crippen molar-refractivity contribution < 1.29 is 9.90 Å². The molecule has 2 aromatic carbocycles. The van der Waals surface area contributed by atoms with Gasteiger partial charge in [-0.3, -0.25) is 4.79 Å². The Hall–Kier alpha value is -2.53. The summed E-state index contributed by atoms with van der Waals surface area (Å²) < 4.78 is 0. The van der Waals surface area contributed by atoms with Crippen LogP contribution in [0.1, 0.15) is 37.6 Å². The third-order valence-electron chi connectivity index (χ3n) is 6.33. The number of hydrogen-bond acceptors (Lipinski definition) is 4. The maximum Gasteiger partial charge on any atom is 0.253 e. The SMILES string of the molecule is CC(C)N1C[C@H](C)N(C)c2ccc(-c3ccc(C(=O)N4CC[C@@H](O)C4)cc3)cc21. The summed E-state index contributed by atoms with van der Waals surface area (Å²) in [6.07, 6.45) is 0.275. The fourth-order valence-electron chi connectivity index (χ4n) is 4.38. The lowest BCUT2D eigenvalue weighted by Crippen LogP contribution is -2.48. The normalized spacial score (nSPS) is 21.7. The molecular weight excluding hydrogens is 362 g/mol. The highest BCUT2D eigenvalue weighted by molar-refractivity contribution is 5.95. The fraction of sp³-hybridized carbons (Fsp3) is 0.458. The van der Waals surface area contributed by atoms with E-state index >= 15 is 0 Å². The van der Waals surface area contributed by atoms with Gasteiger partial charge < -0.3 is 19.8 Å². The maximum absolute atomic E-state index is 12.6. The molecule has 154 valence electrons. The number of carbonyl (C=O) groups is 1. The molecule has 0 unspecified atom stereocenters. The number of β-amino-alcohol motifs (C(OH)–C–C–N with tert-alkyl or cyclic N) is 1. The molecule has 0 radical (unpaired) electrons. The molecule has 2 atom stereocenters. The maximum atomic E-state index is 12.6. The zero-order valence-corrected chi connectivity index (χ0v) is 17.8. The van der Waals surface area contributed by atoms with Gasteiger partial charge in [0.2, 0.25) is 0 Å². The molecule has 5 heteroatoms. The molecule has 29 heavy (non-hydrogen) atoms. The van der Waals surface area contributed by atoms with E-state index in [-0.39, 0.29) is 5.91 Å². The Labute approximate surface area is 173 Å². The van der Waals surface area contributed by atoms with E-state index in [1.807, 2.05) is 24.3 Å². The van der Waals surface area contributed by atoms with E-state index in [4.69, 9.17) is 0 Å². The average molecular weight is 394 g/mol. The first kappa shape index (κ1) is 19.8. The van der Waals surface area contributed by atoms with Crippen LogP contribution in [0.25, 0.3) is 11.1 Å². The number of carbonyl (C=O) groups excluding carboxylic acids is 1. The first-order chi connectivity index (χ1) is 13.8. The van der Waals surface area contributed by atoms with Crippen LogP contribution in [0.4, 0.5) is 11.4 Å². The Kier molecular flexibility index (Phi) is 5.26. The van der Waals surface area contributed by atoms with E-state index in [2.05, 4.69) is 55.8 Å². The van der Waals surface area contributed by atoms with Gasteiger partial charge in [0, 0.05) is 44.3 Å². The summed E-state index contributed by atoms with van der Waals surface area (Å²) in [6, 6.07) is 15.4. The Morgan fingerprint density at radius 1 is 1.03 bits per heavy atom. The second-order valence-corrected chi connectivity index (χ2v) is 8.68. The monoisotopic (exact) mass is 393 g/mol. The highest BCUT2D eigenvalue weighted by Crippen LogP contribution is 2.38. The van der Waals surface area contributed by atoms with E-state index < -0.39 is 6.10 Å².